The van der Waals surface area contributed by atoms with E-state index in [1.54, 1.807) is 0 Å². The third-order valence-corrected chi connectivity index (χ3v) is 6.91. The van der Waals surface area contributed by atoms with Gasteiger partial charge in [0.25, 0.3) is 5.69 Å². The Morgan fingerprint density at radius 1 is 1.32 bits per heavy atom. The summed E-state index contributed by atoms with van der Waals surface area (Å²) in [5.41, 5.74) is 0.158. The van der Waals surface area contributed by atoms with Crippen LogP contribution in [0, 0.1) is 16.0 Å². The number of nitrogens with one attached hydrogen (secondary N) is 1. The molecule has 3 rings (SSSR count). The van der Waals surface area contributed by atoms with E-state index in [0.29, 0.717) is 24.8 Å². The van der Waals surface area contributed by atoms with Crippen molar-refractivity contribution in [2.45, 2.75) is 37.1 Å². The average Bonchev–Trinajstić information content (AvgIpc) is 2.54. The van der Waals surface area contributed by atoms with E-state index in [1.807, 2.05) is 6.92 Å². The molecule has 1 saturated heterocycles. The fraction of sp³-hybridized carbons (Fsp3) is 0.625. The number of ether oxygens (including phenoxy) is 1. The molecule has 1 aromatic rings. The normalized spacial score (nSPS) is 20.7. The van der Waals surface area contributed by atoms with E-state index in [0.717, 1.165) is 18.9 Å². The quantitative estimate of drug-likeness (QED) is 0.609. The molecule has 1 aliphatic heterocycles. The molecule has 0 radical (unpaired) electrons. The van der Waals surface area contributed by atoms with Gasteiger partial charge in [0, 0.05) is 25.2 Å². The molecule has 1 aliphatic carbocycles. The second-order valence-corrected chi connectivity index (χ2v) is 8.51. The molecule has 0 spiro atoms. The first kappa shape index (κ1) is 18.1. The third-order valence-electron chi connectivity index (χ3n) is 5.01. The van der Waals surface area contributed by atoms with Gasteiger partial charge in [0.15, 0.2) is 0 Å². The highest BCUT2D eigenvalue weighted by Crippen LogP contribution is 2.34. The highest BCUT2D eigenvalue weighted by atomic mass is 32.2. The summed E-state index contributed by atoms with van der Waals surface area (Å²) in [7, 11) is -3.75. The van der Waals surface area contributed by atoms with E-state index in [1.165, 1.54) is 22.9 Å². The van der Waals surface area contributed by atoms with Gasteiger partial charge in [-0.3, -0.25) is 10.1 Å². The third kappa shape index (κ3) is 3.78. The van der Waals surface area contributed by atoms with Gasteiger partial charge in [0.1, 0.15) is 5.69 Å². The molecule has 9 heteroatoms. The van der Waals surface area contributed by atoms with Gasteiger partial charge in [-0.25, -0.2) is 8.42 Å². The van der Waals surface area contributed by atoms with Crippen molar-refractivity contribution in [2.24, 2.45) is 5.92 Å². The van der Waals surface area contributed by atoms with Crippen LogP contribution in [0.1, 0.15) is 26.2 Å². The lowest BCUT2D eigenvalue weighted by atomic mass is 9.80. The minimum Gasteiger partial charge on any atom is -0.379 e. The van der Waals surface area contributed by atoms with E-state index in [9.17, 15) is 18.5 Å². The fourth-order valence-corrected chi connectivity index (χ4v) is 4.61. The molecule has 2 fully saturated rings. The zero-order chi connectivity index (χ0) is 18.0. The van der Waals surface area contributed by atoms with Crippen molar-refractivity contribution in [3.63, 3.8) is 0 Å². The molecule has 0 amide bonds. The molecule has 8 nitrogen and oxygen atoms in total. The zero-order valence-electron chi connectivity index (χ0n) is 14.2. The number of benzene rings is 1. The van der Waals surface area contributed by atoms with Crippen molar-refractivity contribution in [2.75, 3.05) is 31.6 Å². The van der Waals surface area contributed by atoms with Gasteiger partial charge in [0.05, 0.1) is 23.0 Å². The Labute approximate surface area is 147 Å². The van der Waals surface area contributed by atoms with E-state index in [-0.39, 0.29) is 29.7 Å². The first-order valence-corrected chi connectivity index (χ1v) is 9.96. The van der Waals surface area contributed by atoms with Crippen molar-refractivity contribution in [3.05, 3.63) is 28.3 Å². The van der Waals surface area contributed by atoms with Gasteiger partial charge in [-0.05, 0) is 37.8 Å². The highest BCUT2D eigenvalue weighted by Gasteiger charge is 2.30. The molecule has 0 aromatic heterocycles. The number of anilines is 1. The van der Waals surface area contributed by atoms with Crippen LogP contribution >= 0.6 is 0 Å². The van der Waals surface area contributed by atoms with Crippen LogP contribution in [0.25, 0.3) is 0 Å². The van der Waals surface area contributed by atoms with Gasteiger partial charge in [-0.2, -0.15) is 4.31 Å². The molecule has 1 unspecified atom stereocenters. The molecular weight excluding hydrogens is 346 g/mol. The van der Waals surface area contributed by atoms with Crippen LogP contribution < -0.4 is 5.32 Å². The van der Waals surface area contributed by atoms with Crippen LogP contribution in [-0.2, 0) is 14.8 Å². The molecular formula is C16H23N3O5S. The predicted octanol–water partition coefficient (Wildman–Crippen LogP) is 2.22. The number of nitro benzene ring substituents is 1. The number of hydrogen-bond acceptors (Lipinski definition) is 6. The van der Waals surface area contributed by atoms with Crippen molar-refractivity contribution in [3.8, 4) is 0 Å². The largest absolute Gasteiger partial charge is 0.379 e. The summed E-state index contributed by atoms with van der Waals surface area (Å²) in [5.74, 6) is 0.511. The van der Waals surface area contributed by atoms with Crippen molar-refractivity contribution >= 4 is 21.4 Å². The molecule has 138 valence electrons. The molecule has 1 atom stereocenters. The SMILES string of the molecule is CC(Nc1ccc(S(=O)(=O)N2CCOCC2)cc1[N+](=O)[O-])C1CCC1. The second kappa shape index (κ2) is 7.27. The fourth-order valence-electron chi connectivity index (χ4n) is 3.18. The molecule has 1 saturated carbocycles. The predicted molar refractivity (Wildman–Crippen MR) is 93.1 cm³/mol. The molecule has 1 heterocycles. The first-order chi connectivity index (χ1) is 11.9. The van der Waals surface area contributed by atoms with Crippen molar-refractivity contribution < 1.29 is 18.1 Å². The number of sulfonamides is 1. The molecule has 25 heavy (non-hydrogen) atoms. The Morgan fingerprint density at radius 3 is 2.56 bits per heavy atom. The topological polar surface area (TPSA) is 102 Å². The Kier molecular flexibility index (Phi) is 5.26. The molecule has 1 aromatic carbocycles. The van der Waals surface area contributed by atoms with E-state index >= 15 is 0 Å². The van der Waals surface area contributed by atoms with E-state index in [4.69, 9.17) is 4.74 Å². The Bertz CT molecular complexity index is 742. The summed E-state index contributed by atoms with van der Waals surface area (Å²) in [6.45, 7) is 3.19. The number of nitro groups is 1. The maximum Gasteiger partial charge on any atom is 0.293 e. The van der Waals surface area contributed by atoms with Crippen LogP contribution in [0.4, 0.5) is 11.4 Å². The lowest BCUT2D eigenvalue weighted by Crippen LogP contribution is -2.40. The minimum absolute atomic E-state index is 0.0528. The van der Waals surface area contributed by atoms with Crippen LogP contribution in [0.3, 0.4) is 0 Å². The molecule has 1 N–H and O–H groups in total. The van der Waals surface area contributed by atoms with Gasteiger partial charge in [-0.1, -0.05) is 6.42 Å². The van der Waals surface area contributed by atoms with E-state index < -0.39 is 14.9 Å². The summed E-state index contributed by atoms with van der Waals surface area (Å²) in [4.78, 5) is 10.9. The number of rotatable bonds is 6. The van der Waals surface area contributed by atoms with Crippen molar-refractivity contribution in [1.82, 2.24) is 4.31 Å². The minimum atomic E-state index is -3.75. The summed E-state index contributed by atoms with van der Waals surface area (Å²) < 4.78 is 31.8. The lowest BCUT2D eigenvalue weighted by Gasteiger charge is -2.32. The smallest absolute Gasteiger partial charge is 0.293 e. The lowest BCUT2D eigenvalue weighted by molar-refractivity contribution is -0.384. The maximum atomic E-state index is 12.7. The van der Waals surface area contributed by atoms with Crippen molar-refractivity contribution in [1.29, 1.82) is 0 Å². The zero-order valence-corrected chi connectivity index (χ0v) is 15.0. The Morgan fingerprint density at radius 2 is 2.00 bits per heavy atom. The van der Waals surface area contributed by atoms with Crippen LogP contribution in [0.2, 0.25) is 0 Å². The second-order valence-electron chi connectivity index (χ2n) is 6.58. The number of hydrogen-bond donors (Lipinski definition) is 1. The summed E-state index contributed by atoms with van der Waals surface area (Å²) >= 11 is 0. The van der Waals surface area contributed by atoms with Crippen LogP contribution in [0.5, 0.6) is 0 Å². The number of morpholine rings is 1. The maximum absolute atomic E-state index is 12.7. The van der Waals surface area contributed by atoms with E-state index in [2.05, 4.69) is 5.32 Å². The Hall–Kier alpha value is -1.71. The van der Waals surface area contributed by atoms with Gasteiger partial charge in [-0.15, -0.1) is 0 Å². The highest BCUT2D eigenvalue weighted by molar-refractivity contribution is 7.89. The van der Waals surface area contributed by atoms with Gasteiger partial charge < -0.3 is 10.1 Å². The summed E-state index contributed by atoms with van der Waals surface area (Å²) in [6.07, 6.45) is 3.42. The number of nitrogens with zero attached hydrogens (tertiary/aromatic N) is 2. The van der Waals surface area contributed by atoms with Gasteiger partial charge >= 0.3 is 0 Å². The molecule has 0 bridgehead atoms. The van der Waals surface area contributed by atoms with Gasteiger partial charge in [0.2, 0.25) is 10.0 Å². The monoisotopic (exact) mass is 369 g/mol. The van der Waals surface area contributed by atoms with Crippen LogP contribution in [-0.4, -0.2) is 50.0 Å². The average molecular weight is 369 g/mol. The first-order valence-electron chi connectivity index (χ1n) is 8.52. The van der Waals surface area contributed by atoms with Crippen LogP contribution in [0.15, 0.2) is 23.1 Å². The standard InChI is InChI=1S/C16H23N3O5S/c1-12(13-3-2-4-13)17-15-6-5-14(11-16(15)19(20)21)25(22,23)18-7-9-24-10-8-18/h5-6,11-13,17H,2-4,7-10H2,1H3. The summed E-state index contributed by atoms with van der Waals surface area (Å²) in [5, 5.41) is 14.6. The molecule has 2 aliphatic rings. The summed E-state index contributed by atoms with van der Waals surface area (Å²) in [6, 6.07) is 4.21. The Balaban J connectivity index is 1.86.